The molecule has 0 radical (unpaired) electrons. The summed E-state index contributed by atoms with van der Waals surface area (Å²) in [5.41, 5.74) is 5.91. The Bertz CT molecular complexity index is 592. The van der Waals surface area contributed by atoms with Gasteiger partial charge in [0.15, 0.2) is 0 Å². The number of nitrogens with one attached hydrogen (secondary N) is 2. The lowest BCUT2D eigenvalue weighted by molar-refractivity contribution is -0.121. The highest BCUT2D eigenvalue weighted by molar-refractivity contribution is 7.92. The van der Waals surface area contributed by atoms with Gasteiger partial charge in [0, 0.05) is 18.0 Å². The Morgan fingerprint density at radius 3 is 2.40 bits per heavy atom. The van der Waals surface area contributed by atoms with Crippen LogP contribution >= 0.6 is 0 Å². The quantitative estimate of drug-likeness (QED) is 0.731. The van der Waals surface area contributed by atoms with E-state index in [4.69, 9.17) is 10.5 Å². The molecule has 2 rings (SSSR count). The molecule has 1 amide bonds. The topological polar surface area (TPSA) is 111 Å². The number of benzene rings is 1. The van der Waals surface area contributed by atoms with Gasteiger partial charge in [-0.25, -0.2) is 8.42 Å². The Balaban J connectivity index is 2.02. The number of hydrogen-bond acceptors (Lipinski definition) is 5. The van der Waals surface area contributed by atoms with Crippen LogP contribution in [0.15, 0.2) is 24.3 Å². The summed E-state index contributed by atoms with van der Waals surface area (Å²) in [5.74, 6) is -0.307. The molecule has 8 heteroatoms. The largest absolute Gasteiger partial charge is 0.379 e. The first-order valence-corrected chi connectivity index (χ1v) is 7.94. The van der Waals surface area contributed by atoms with Crippen LogP contribution in [0.1, 0.15) is 6.42 Å². The molecule has 0 spiro atoms. The summed E-state index contributed by atoms with van der Waals surface area (Å²) in [4.78, 5) is 12.0. The van der Waals surface area contributed by atoms with E-state index in [1.54, 1.807) is 24.3 Å². The fourth-order valence-electron chi connectivity index (χ4n) is 1.85. The zero-order chi connectivity index (χ0) is 14.8. The lowest BCUT2D eigenvalue weighted by Crippen LogP contribution is -2.51. The van der Waals surface area contributed by atoms with Gasteiger partial charge in [0.2, 0.25) is 15.9 Å². The summed E-state index contributed by atoms with van der Waals surface area (Å²) in [6.07, 6.45) is 1.55. The van der Waals surface area contributed by atoms with Crippen molar-refractivity contribution in [1.29, 1.82) is 0 Å². The molecular formula is C12H17N3O4S. The van der Waals surface area contributed by atoms with Gasteiger partial charge in [-0.15, -0.1) is 0 Å². The van der Waals surface area contributed by atoms with Crippen molar-refractivity contribution in [3.63, 3.8) is 0 Å². The summed E-state index contributed by atoms with van der Waals surface area (Å²) in [7, 11) is -3.31. The van der Waals surface area contributed by atoms with Gasteiger partial charge < -0.3 is 15.8 Å². The molecule has 0 saturated carbocycles. The van der Waals surface area contributed by atoms with E-state index >= 15 is 0 Å². The second-order valence-electron chi connectivity index (χ2n) is 4.86. The molecule has 1 aromatic rings. The van der Waals surface area contributed by atoms with Crippen molar-refractivity contribution in [2.45, 2.75) is 12.0 Å². The fourth-order valence-corrected chi connectivity index (χ4v) is 2.42. The Kier molecular flexibility index (Phi) is 3.98. The zero-order valence-corrected chi connectivity index (χ0v) is 11.9. The third-order valence-electron chi connectivity index (χ3n) is 2.95. The maximum atomic E-state index is 12.0. The summed E-state index contributed by atoms with van der Waals surface area (Å²) in [6.45, 7) is 0.674. The second-order valence-corrected chi connectivity index (χ2v) is 6.61. The highest BCUT2D eigenvalue weighted by Gasteiger charge is 2.38. The molecule has 110 valence electrons. The first-order valence-electron chi connectivity index (χ1n) is 6.04. The minimum atomic E-state index is -3.31. The van der Waals surface area contributed by atoms with Gasteiger partial charge in [0.25, 0.3) is 0 Å². The molecule has 0 aromatic heterocycles. The minimum absolute atomic E-state index is 0.201. The van der Waals surface area contributed by atoms with Gasteiger partial charge in [-0.1, -0.05) is 0 Å². The van der Waals surface area contributed by atoms with Crippen LogP contribution in [0.5, 0.6) is 0 Å². The molecule has 0 bridgehead atoms. The Morgan fingerprint density at radius 1 is 1.30 bits per heavy atom. The fraction of sp³-hybridized carbons (Fsp3) is 0.417. The zero-order valence-electron chi connectivity index (χ0n) is 11.0. The average molecular weight is 299 g/mol. The highest BCUT2D eigenvalue weighted by Crippen LogP contribution is 2.19. The molecular weight excluding hydrogens is 282 g/mol. The van der Waals surface area contributed by atoms with E-state index in [1.807, 2.05) is 0 Å². The third kappa shape index (κ3) is 3.69. The van der Waals surface area contributed by atoms with Gasteiger partial charge in [-0.05, 0) is 30.7 Å². The van der Waals surface area contributed by atoms with E-state index in [0.717, 1.165) is 6.26 Å². The van der Waals surface area contributed by atoms with Crippen molar-refractivity contribution in [2.75, 3.05) is 29.5 Å². The smallest absolute Gasteiger partial charge is 0.246 e. The predicted molar refractivity (Wildman–Crippen MR) is 75.9 cm³/mol. The number of carbonyl (C=O) groups is 1. The molecule has 1 aliphatic rings. The molecule has 0 aliphatic carbocycles. The first kappa shape index (κ1) is 14.8. The van der Waals surface area contributed by atoms with Crippen LogP contribution in [-0.2, 0) is 19.6 Å². The van der Waals surface area contributed by atoms with Gasteiger partial charge in [-0.3, -0.25) is 9.52 Å². The van der Waals surface area contributed by atoms with E-state index in [9.17, 15) is 13.2 Å². The number of anilines is 2. The lowest BCUT2D eigenvalue weighted by Gasteiger charge is -2.20. The van der Waals surface area contributed by atoms with Crippen LogP contribution in [0.4, 0.5) is 11.4 Å². The Hall–Kier alpha value is -1.64. The number of carbonyl (C=O) groups excluding carboxylic acids is 1. The summed E-state index contributed by atoms with van der Waals surface area (Å²) in [5, 5.41) is 2.69. The molecule has 1 fully saturated rings. The molecule has 7 nitrogen and oxygen atoms in total. The van der Waals surface area contributed by atoms with Crippen LogP contribution < -0.4 is 15.8 Å². The van der Waals surface area contributed by atoms with Crippen molar-refractivity contribution < 1.29 is 17.9 Å². The van der Waals surface area contributed by atoms with Gasteiger partial charge >= 0.3 is 0 Å². The first-order chi connectivity index (χ1) is 9.28. The molecule has 1 heterocycles. The Labute approximate surface area is 117 Å². The van der Waals surface area contributed by atoms with Crippen molar-refractivity contribution in [3.05, 3.63) is 24.3 Å². The van der Waals surface area contributed by atoms with Crippen LogP contribution in [0, 0.1) is 0 Å². The van der Waals surface area contributed by atoms with Gasteiger partial charge in [-0.2, -0.15) is 0 Å². The average Bonchev–Trinajstić information content (AvgIpc) is 2.78. The Morgan fingerprint density at radius 2 is 1.90 bits per heavy atom. The molecule has 1 aromatic carbocycles. The second kappa shape index (κ2) is 5.39. The number of rotatable bonds is 4. The van der Waals surface area contributed by atoms with E-state index in [1.165, 1.54) is 0 Å². The molecule has 4 N–H and O–H groups in total. The third-order valence-corrected chi connectivity index (χ3v) is 3.56. The summed E-state index contributed by atoms with van der Waals surface area (Å²) < 4.78 is 29.6. The molecule has 1 atom stereocenters. The van der Waals surface area contributed by atoms with Crippen LogP contribution in [0.2, 0.25) is 0 Å². The van der Waals surface area contributed by atoms with Crippen LogP contribution in [-0.4, -0.2) is 39.3 Å². The molecule has 1 unspecified atom stereocenters. The van der Waals surface area contributed by atoms with Crippen LogP contribution in [0.25, 0.3) is 0 Å². The van der Waals surface area contributed by atoms with Crippen molar-refractivity contribution >= 4 is 27.3 Å². The number of nitrogens with two attached hydrogens (primary N) is 1. The number of hydrogen-bond donors (Lipinski definition) is 3. The van der Waals surface area contributed by atoms with Gasteiger partial charge in [0.05, 0.1) is 12.9 Å². The number of ether oxygens (including phenoxy) is 1. The summed E-state index contributed by atoms with van der Waals surface area (Å²) in [6, 6.07) is 6.32. The molecule has 1 aliphatic heterocycles. The normalized spacial score (nSPS) is 22.5. The highest BCUT2D eigenvalue weighted by atomic mass is 32.2. The van der Waals surface area contributed by atoms with E-state index in [0.29, 0.717) is 24.4 Å². The lowest BCUT2D eigenvalue weighted by atomic mass is 9.99. The van der Waals surface area contributed by atoms with Crippen molar-refractivity contribution in [3.8, 4) is 0 Å². The number of amides is 1. The SMILES string of the molecule is CS(=O)(=O)Nc1ccc(NC(=O)C2(N)CCOC2)cc1. The maximum absolute atomic E-state index is 12.0. The van der Waals surface area contributed by atoms with Gasteiger partial charge in [0.1, 0.15) is 5.54 Å². The predicted octanol–water partition coefficient (Wildman–Crippen LogP) is 0.114. The molecule has 20 heavy (non-hydrogen) atoms. The number of sulfonamides is 1. The van der Waals surface area contributed by atoms with E-state index in [2.05, 4.69) is 10.0 Å². The standard InChI is InChI=1S/C12H17N3O4S/c1-20(17,18)15-10-4-2-9(3-5-10)14-11(16)12(13)6-7-19-8-12/h2-5,15H,6-8,13H2,1H3,(H,14,16). The van der Waals surface area contributed by atoms with E-state index < -0.39 is 15.6 Å². The van der Waals surface area contributed by atoms with Crippen molar-refractivity contribution in [2.24, 2.45) is 5.73 Å². The molecule has 1 saturated heterocycles. The minimum Gasteiger partial charge on any atom is -0.379 e. The van der Waals surface area contributed by atoms with Crippen LogP contribution in [0.3, 0.4) is 0 Å². The maximum Gasteiger partial charge on any atom is 0.246 e. The monoisotopic (exact) mass is 299 g/mol. The van der Waals surface area contributed by atoms with Crippen molar-refractivity contribution in [1.82, 2.24) is 0 Å². The van der Waals surface area contributed by atoms with E-state index in [-0.39, 0.29) is 12.5 Å². The summed E-state index contributed by atoms with van der Waals surface area (Å²) >= 11 is 0.